The Labute approximate surface area is 292 Å². The first-order valence-corrected chi connectivity index (χ1v) is 13.6. The number of aromatic nitrogens is 2. The van der Waals surface area contributed by atoms with Gasteiger partial charge < -0.3 is 54.3 Å². The van der Waals surface area contributed by atoms with Crippen molar-refractivity contribution in [2.45, 2.75) is 0 Å². The number of nitrogens with zero attached hydrogens (tertiary/aromatic N) is 5. The second-order valence-electron chi connectivity index (χ2n) is 9.29. The van der Waals surface area contributed by atoms with Crippen LogP contribution in [0.25, 0.3) is 32.9 Å². The van der Waals surface area contributed by atoms with Crippen molar-refractivity contribution < 1.29 is 50.1 Å². The van der Waals surface area contributed by atoms with E-state index in [2.05, 4.69) is 15.9 Å². The number of phenols is 6. The first-order chi connectivity index (χ1) is 22.5. The third-order valence-electron chi connectivity index (χ3n) is 6.49. The normalized spacial score (nSPS) is 9.67. The van der Waals surface area contributed by atoms with Gasteiger partial charge in [-0.2, -0.15) is 5.26 Å². The molecule has 6 N–H and O–H groups in total. The van der Waals surface area contributed by atoms with Crippen LogP contribution in [0.15, 0.2) is 99.3 Å². The van der Waals surface area contributed by atoms with Gasteiger partial charge in [-0.3, -0.25) is 18.7 Å². The summed E-state index contributed by atoms with van der Waals surface area (Å²) in [5, 5.41) is 80.0. The van der Waals surface area contributed by atoms with Crippen LogP contribution < -0.4 is 11.1 Å². The molecule has 0 aliphatic carbocycles. The van der Waals surface area contributed by atoms with Crippen LogP contribution in [0.2, 0.25) is 0 Å². The average molecular weight is 760 g/mol. The first-order valence-electron chi connectivity index (χ1n) is 12.8. The molecule has 0 bridgehead atoms. The van der Waals surface area contributed by atoms with E-state index >= 15 is 0 Å². The molecule has 0 unspecified atom stereocenters. The fourth-order valence-corrected chi connectivity index (χ4v) is 5.03. The molecular formula is C33H20BrN5O8Zn. The van der Waals surface area contributed by atoms with Gasteiger partial charge in [-0.25, -0.2) is 0 Å². The van der Waals surface area contributed by atoms with Gasteiger partial charge in [-0.15, -0.1) is 0 Å². The van der Waals surface area contributed by atoms with Gasteiger partial charge in [0.05, 0.1) is 16.3 Å². The fourth-order valence-electron chi connectivity index (χ4n) is 4.51. The predicted octanol–water partition coefficient (Wildman–Crippen LogP) is 5.04. The van der Waals surface area contributed by atoms with E-state index in [1.54, 1.807) is 18.3 Å². The molecule has 2 aromatic heterocycles. The number of rotatable bonds is 2. The van der Waals surface area contributed by atoms with E-state index in [-0.39, 0.29) is 69.9 Å². The number of hydrogen-bond acceptors (Lipinski definition) is 11. The predicted molar refractivity (Wildman–Crippen MR) is 171 cm³/mol. The standard InChI is InChI=1S/C16H10N2O4.C15H10BrNO4.2CN.Zn/c17-7-9-8-18(10-1-3-11(19)4-2-10)16(22)15-13(9)5-12(20)6-14(15)21;16-12-7-17(8-1-3-9(18)4-2-8)15(21)14-11(12)5-10(19)6-13(14)20;2*1-2;/h1-6,8,19-21H;1-7,18-20H;;;/q;;2*-1;+2. The molecule has 0 amide bonds. The summed E-state index contributed by atoms with van der Waals surface area (Å²) in [7, 11) is 0. The Morgan fingerprint density at radius 2 is 0.958 bits per heavy atom. The zero-order valence-corrected chi connectivity index (χ0v) is 29.0. The van der Waals surface area contributed by atoms with Crippen LogP contribution in [-0.2, 0) is 19.5 Å². The first kappa shape index (κ1) is 37.9. The molecular weight excluding hydrogens is 740 g/mol. The van der Waals surface area contributed by atoms with Gasteiger partial charge in [0.1, 0.15) is 40.6 Å². The van der Waals surface area contributed by atoms with Gasteiger partial charge in [0.15, 0.2) is 0 Å². The van der Waals surface area contributed by atoms with E-state index < -0.39 is 16.9 Å². The van der Waals surface area contributed by atoms with Crippen LogP contribution in [-0.4, -0.2) is 39.8 Å². The monoisotopic (exact) mass is 757 g/mol. The van der Waals surface area contributed by atoms with Gasteiger partial charge >= 0.3 is 19.5 Å². The van der Waals surface area contributed by atoms with Crippen molar-refractivity contribution in [1.82, 2.24) is 9.13 Å². The smallest absolute Gasteiger partial charge is 0.512 e. The maximum atomic E-state index is 12.6. The van der Waals surface area contributed by atoms with Crippen LogP contribution >= 0.6 is 15.9 Å². The van der Waals surface area contributed by atoms with Crippen molar-refractivity contribution in [2.24, 2.45) is 0 Å². The van der Waals surface area contributed by atoms with Crippen LogP contribution in [0.1, 0.15) is 5.56 Å². The average Bonchev–Trinajstić information content (AvgIpc) is 3.05. The molecule has 0 aliphatic heterocycles. The number of nitriles is 1. The van der Waals surface area contributed by atoms with Crippen molar-refractivity contribution in [1.29, 1.82) is 15.8 Å². The molecule has 6 rings (SSSR count). The number of halogens is 1. The Kier molecular flexibility index (Phi) is 12.9. The summed E-state index contributed by atoms with van der Waals surface area (Å²) in [6.07, 6.45) is 2.88. The summed E-state index contributed by atoms with van der Waals surface area (Å²) in [4.78, 5) is 25.1. The minimum Gasteiger partial charge on any atom is -0.512 e. The quantitative estimate of drug-likeness (QED) is 0.101. The van der Waals surface area contributed by atoms with E-state index in [9.17, 15) is 45.5 Å². The third kappa shape index (κ3) is 7.72. The van der Waals surface area contributed by atoms with Gasteiger partial charge in [-0.05, 0) is 76.6 Å². The molecule has 0 radical (unpaired) electrons. The number of phenolic OH excluding ortho intramolecular Hbond substituents is 6. The van der Waals surface area contributed by atoms with Crippen molar-refractivity contribution in [2.75, 3.05) is 0 Å². The molecule has 0 aliphatic rings. The van der Waals surface area contributed by atoms with E-state index in [1.807, 2.05) is 6.07 Å². The maximum Gasteiger partial charge on any atom is 2.00 e. The second-order valence-corrected chi connectivity index (χ2v) is 10.1. The van der Waals surface area contributed by atoms with E-state index in [0.717, 1.165) is 12.1 Å². The Bertz CT molecular complexity index is 2310. The molecule has 15 heteroatoms. The van der Waals surface area contributed by atoms with Gasteiger partial charge in [0, 0.05) is 51.1 Å². The number of pyridine rings is 2. The molecule has 2 heterocycles. The van der Waals surface area contributed by atoms with E-state index in [0.29, 0.717) is 21.2 Å². The number of aromatic hydroxyl groups is 6. The second kappa shape index (κ2) is 16.3. The summed E-state index contributed by atoms with van der Waals surface area (Å²) >= 11 is 3.33. The van der Waals surface area contributed by atoms with Crippen LogP contribution in [0, 0.1) is 35.0 Å². The van der Waals surface area contributed by atoms with Crippen molar-refractivity contribution in [3.05, 3.63) is 129 Å². The van der Waals surface area contributed by atoms with Gasteiger partial charge in [0.2, 0.25) is 0 Å². The molecule has 48 heavy (non-hydrogen) atoms. The Balaban J connectivity index is 0.000000297. The minimum absolute atomic E-state index is 0. The molecule has 0 saturated carbocycles. The van der Waals surface area contributed by atoms with Crippen molar-refractivity contribution >= 4 is 37.5 Å². The molecule has 6 aromatic rings. The zero-order chi connectivity index (χ0) is 35.0. The zero-order valence-electron chi connectivity index (χ0n) is 24.4. The molecule has 4 aromatic carbocycles. The molecule has 0 fully saturated rings. The molecule has 0 saturated heterocycles. The summed E-state index contributed by atoms with van der Waals surface area (Å²) in [6.45, 7) is 9.50. The molecule has 13 nitrogen and oxygen atoms in total. The summed E-state index contributed by atoms with van der Waals surface area (Å²) in [6, 6.07) is 18.7. The molecule has 234 valence electrons. The van der Waals surface area contributed by atoms with Crippen LogP contribution in [0.3, 0.4) is 0 Å². The van der Waals surface area contributed by atoms with Crippen LogP contribution in [0.4, 0.5) is 0 Å². The summed E-state index contributed by atoms with van der Waals surface area (Å²) < 4.78 is 3.11. The Morgan fingerprint density at radius 3 is 1.38 bits per heavy atom. The largest absolute Gasteiger partial charge is 2.00 e. The summed E-state index contributed by atoms with van der Waals surface area (Å²) in [5.74, 6) is -0.899. The van der Waals surface area contributed by atoms with E-state index in [4.69, 9.17) is 23.7 Å². The third-order valence-corrected chi connectivity index (χ3v) is 7.13. The Hall–Kier alpha value is -6.33. The maximum absolute atomic E-state index is 12.6. The number of fused-ring (bicyclic) bond motifs is 2. The van der Waals surface area contributed by atoms with Gasteiger partial charge in [-0.1, -0.05) is 0 Å². The number of benzene rings is 4. The number of hydrogen-bond donors (Lipinski definition) is 6. The molecule has 0 spiro atoms. The van der Waals surface area contributed by atoms with Crippen molar-refractivity contribution in [3.63, 3.8) is 0 Å². The minimum atomic E-state index is -0.530. The van der Waals surface area contributed by atoms with E-state index in [1.165, 1.54) is 63.9 Å². The SMILES string of the molecule is N#Cc1cn(-c2ccc(O)cc2)c(=O)c2c(O)cc(O)cc12.O=c1c2c(O)cc(O)cc2c(Br)cn1-c1ccc(O)cc1.[C-]#N.[C-]#N.[Zn+2]. The van der Waals surface area contributed by atoms with Gasteiger partial charge in [0.25, 0.3) is 11.1 Å². The Morgan fingerprint density at radius 1 is 0.583 bits per heavy atom. The van der Waals surface area contributed by atoms with Crippen LogP contribution in [0.5, 0.6) is 34.5 Å². The summed E-state index contributed by atoms with van der Waals surface area (Å²) in [5.41, 5.74) is 0.170. The topological polar surface area (TPSA) is 237 Å². The molecule has 0 atom stereocenters. The fraction of sp³-hybridized carbons (Fsp3) is 0. The van der Waals surface area contributed by atoms with Crippen molar-refractivity contribution in [3.8, 4) is 51.9 Å².